The van der Waals surface area contributed by atoms with Crippen LogP contribution in [0, 0.1) is 6.92 Å². The van der Waals surface area contributed by atoms with Gasteiger partial charge in [-0.3, -0.25) is 0 Å². The van der Waals surface area contributed by atoms with Crippen LogP contribution in [-0.2, 0) is 11.2 Å². The number of carbonyl (C=O) groups excluding carboxylic acids is 1. The van der Waals surface area contributed by atoms with Crippen molar-refractivity contribution in [1.29, 1.82) is 0 Å². The first-order valence-corrected chi connectivity index (χ1v) is 4.67. The second-order valence-electron chi connectivity index (χ2n) is 3.10. The maximum Gasteiger partial charge on any atom is 0.155 e. The lowest BCUT2D eigenvalue weighted by molar-refractivity contribution is -0.107. The van der Waals surface area contributed by atoms with Gasteiger partial charge in [0.15, 0.2) is 5.15 Å². The summed E-state index contributed by atoms with van der Waals surface area (Å²) in [6, 6.07) is 3.88. The van der Waals surface area contributed by atoms with Gasteiger partial charge in [-0.05, 0) is 18.6 Å². The highest BCUT2D eigenvalue weighted by atomic mass is 35.5. The molecule has 0 saturated carbocycles. The van der Waals surface area contributed by atoms with Crippen LogP contribution in [-0.4, -0.2) is 15.7 Å². The number of fused-ring (bicyclic) bond motifs is 1. The molecule has 0 fully saturated rings. The zero-order valence-electron chi connectivity index (χ0n) is 7.70. The Kier molecular flexibility index (Phi) is 2.25. The summed E-state index contributed by atoms with van der Waals surface area (Å²) in [4.78, 5) is 14.6. The van der Waals surface area contributed by atoms with Crippen LogP contribution in [0.4, 0.5) is 0 Å². The highest BCUT2D eigenvalue weighted by Gasteiger charge is 2.09. The van der Waals surface area contributed by atoms with Crippen LogP contribution in [0.5, 0.6) is 0 Å². The molecule has 0 atom stereocenters. The van der Waals surface area contributed by atoms with Crippen LogP contribution in [0.1, 0.15) is 11.4 Å². The van der Waals surface area contributed by atoms with Gasteiger partial charge in [-0.1, -0.05) is 17.7 Å². The van der Waals surface area contributed by atoms with Crippen molar-refractivity contribution in [3.63, 3.8) is 0 Å². The fraction of sp³-hybridized carbons (Fsp3) is 0.200. The monoisotopic (exact) mass is 208 g/mol. The Morgan fingerprint density at radius 1 is 1.64 bits per heavy atom. The van der Waals surface area contributed by atoms with E-state index in [4.69, 9.17) is 11.6 Å². The van der Waals surface area contributed by atoms with E-state index in [1.807, 2.05) is 29.7 Å². The molecule has 72 valence electrons. The van der Waals surface area contributed by atoms with Crippen molar-refractivity contribution in [2.45, 2.75) is 13.3 Å². The number of pyridine rings is 1. The Bertz CT molecular complexity index is 490. The molecule has 0 N–H and O–H groups in total. The minimum Gasteiger partial charge on any atom is -0.303 e. The van der Waals surface area contributed by atoms with Gasteiger partial charge in [0.2, 0.25) is 0 Å². The summed E-state index contributed by atoms with van der Waals surface area (Å²) < 4.78 is 1.85. The molecule has 0 aliphatic carbocycles. The Labute approximate surface area is 86.3 Å². The molecule has 0 amide bonds. The molecule has 3 nitrogen and oxygen atoms in total. The maximum atomic E-state index is 10.4. The van der Waals surface area contributed by atoms with Gasteiger partial charge in [0.25, 0.3) is 0 Å². The summed E-state index contributed by atoms with van der Waals surface area (Å²) in [5.74, 6) is 0.684. The summed E-state index contributed by atoms with van der Waals surface area (Å²) in [5.41, 5.74) is 1.94. The highest BCUT2D eigenvalue weighted by Crippen LogP contribution is 2.21. The standard InChI is InChI=1S/C10H9ClN2O/c1-7-3-2-5-13-8(4-6-14)12-10(11)9(7)13/h2-3,5-6H,4H2,1H3. The molecule has 0 aromatic carbocycles. The van der Waals surface area contributed by atoms with Crippen molar-refractivity contribution >= 4 is 23.4 Å². The van der Waals surface area contributed by atoms with Crippen LogP contribution in [0.2, 0.25) is 5.15 Å². The molecular weight excluding hydrogens is 200 g/mol. The molecule has 4 heteroatoms. The number of nitrogens with zero attached hydrogens (tertiary/aromatic N) is 2. The quantitative estimate of drug-likeness (QED) is 0.708. The Balaban J connectivity index is 2.77. The zero-order valence-corrected chi connectivity index (χ0v) is 8.45. The van der Waals surface area contributed by atoms with Crippen LogP contribution in [0.25, 0.3) is 5.52 Å². The summed E-state index contributed by atoms with van der Waals surface area (Å²) in [6.07, 6.45) is 2.98. The molecule has 2 aromatic heterocycles. The molecule has 0 saturated heterocycles. The van der Waals surface area contributed by atoms with Gasteiger partial charge in [-0.2, -0.15) is 0 Å². The van der Waals surface area contributed by atoms with Gasteiger partial charge < -0.3 is 9.20 Å². The summed E-state index contributed by atoms with van der Waals surface area (Å²) >= 11 is 5.97. The molecule has 0 aliphatic rings. The largest absolute Gasteiger partial charge is 0.303 e. The lowest BCUT2D eigenvalue weighted by Crippen LogP contribution is -1.95. The van der Waals surface area contributed by atoms with Gasteiger partial charge in [0.1, 0.15) is 12.1 Å². The third kappa shape index (κ3) is 1.30. The Morgan fingerprint density at radius 3 is 3.14 bits per heavy atom. The number of aromatic nitrogens is 2. The molecule has 0 spiro atoms. The SMILES string of the molecule is Cc1cccn2c(CC=O)nc(Cl)c12. The molecule has 0 radical (unpaired) electrons. The second-order valence-corrected chi connectivity index (χ2v) is 3.46. The summed E-state index contributed by atoms with van der Waals surface area (Å²) in [7, 11) is 0. The van der Waals surface area contributed by atoms with Gasteiger partial charge >= 0.3 is 0 Å². The number of halogens is 1. The number of hydrogen-bond acceptors (Lipinski definition) is 2. The minimum absolute atomic E-state index is 0.289. The maximum absolute atomic E-state index is 10.4. The molecule has 2 aromatic rings. The predicted molar refractivity (Wildman–Crippen MR) is 54.7 cm³/mol. The lowest BCUT2D eigenvalue weighted by atomic mass is 10.2. The number of aldehydes is 1. The molecule has 2 heterocycles. The van der Waals surface area contributed by atoms with Crippen LogP contribution < -0.4 is 0 Å². The molecule has 14 heavy (non-hydrogen) atoms. The fourth-order valence-corrected chi connectivity index (χ4v) is 1.87. The summed E-state index contributed by atoms with van der Waals surface area (Å²) in [6.45, 7) is 1.97. The topological polar surface area (TPSA) is 34.4 Å². The number of imidazole rings is 1. The molecular formula is C10H9ClN2O. The number of carbonyl (C=O) groups is 1. The van der Waals surface area contributed by atoms with Crippen LogP contribution >= 0.6 is 11.6 Å². The zero-order chi connectivity index (χ0) is 10.1. The number of rotatable bonds is 2. The highest BCUT2D eigenvalue weighted by molar-refractivity contribution is 6.32. The average Bonchev–Trinajstić information content (AvgIpc) is 2.46. The van der Waals surface area contributed by atoms with E-state index in [1.54, 1.807) is 0 Å². The van der Waals surface area contributed by atoms with E-state index in [2.05, 4.69) is 4.98 Å². The molecule has 0 aliphatic heterocycles. The first-order chi connectivity index (χ1) is 6.74. The van der Waals surface area contributed by atoms with Crippen molar-refractivity contribution in [2.24, 2.45) is 0 Å². The summed E-state index contributed by atoms with van der Waals surface area (Å²) in [5, 5.41) is 0.458. The Hall–Kier alpha value is -1.35. The average molecular weight is 209 g/mol. The van der Waals surface area contributed by atoms with Gasteiger partial charge in [0, 0.05) is 6.20 Å². The third-order valence-corrected chi connectivity index (χ3v) is 2.43. The van der Waals surface area contributed by atoms with Gasteiger partial charge in [-0.25, -0.2) is 4.98 Å². The van der Waals surface area contributed by atoms with Crippen LogP contribution in [0.15, 0.2) is 18.3 Å². The van der Waals surface area contributed by atoms with Crippen molar-refractivity contribution in [1.82, 2.24) is 9.38 Å². The molecule has 0 unspecified atom stereocenters. The van der Waals surface area contributed by atoms with Crippen molar-refractivity contribution in [3.8, 4) is 0 Å². The van der Waals surface area contributed by atoms with E-state index in [0.717, 1.165) is 17.4 Å². The first-order valence-electron chi connectivity index (χ1n) is 4.29. The van der Waals surface area contributed by atoms with E-state index in [9.17, 15) is 4.79 Å². The normalized spacial score (nSPS) is 10.7. The van der Waals surface area contributed by atoms with E-state index in [1.165, 1.54) is 0 Å². The second kappa shape index (κ2) is 3.42. The van der Waals surface area contributed by atoms with Gasteiger partial charge in [-0.15, -0.1) is 0 Å². The van der Waals surface area contributed by atoms with E-state index < -0.39 is 0 Å². The van der Waals surface area contributed by atoms with Crippen molar-refractivity contribution in [2.75, 3.05) is 0 Å². The van der Waals surface area contributed by atoms with Crippen LogP contribution in [0.3, 0.4) is 0 Å². The fourth-order valence-electron chi connectivity index (χ4n) is 1.53. The smallest absolute Gasteiger partial charge is 0.155 e. The number of aryl methyl sites for hydroxylation is 1. The van der Waals surface area contributed by atoms with Gasteiger partial charge in [0.05, 0.1) is 11.9 Å². The molecule has 2 rings (SSSR count). The minimum atomic E-state index is 0.289. The third-order valence-electron chi connectivity index (χ3n) is 2.16. The predicted octanol–water partition coefficient (Wildman–Crippen LogP) is 2.04. The van der Waals surface area contributed by atoms with Crippen molar-refractivity contribution < 1.29 is 4.79 Å². The lowest BCUT2D eigenvalue weighted by Gasteiger charge is -1.99. The number of hydrogen-bond donors (Lipinski definition) is 0. The molecule has 0 bridgehead atoms. The van der Waals surface area contributed by atoms with E-state index in [0.29, 0.717) is 11.0 Å². The first kappa shape index (κ1) is 9.21. The Morgan fingerprint density at radius 2 is 2.43 bits per heavy atom. The van der Waals surface area contributed by atoms with E-state index >= 15 is 0 Å². The van der Waals surface area contributed by atoms with Crippen molar-refractivity contribution in [3.05, 3.63) is 34.9 Å². The van der Waals surface area contributed by atoms with E-state index in [-0.39, 0.29) is 6.42 Å².